The summed E-state index contributed by atoms with van der Waals surface area (Å²) in [5.41, 5.74) is 7.73. The lowest BCUT2D eigenvalue weighted by Crippen LogP contribution is -2.42. The average molecular weight is 459 g/mol. The fourth-order valence-corrected chi connectivity index (χ4v) is 4.03. The van der Waals surface area contributed by atoms with Gasteiger partial charge in [0.05, 0.1) is 23.2 Å². The molecule has 0 unspecified atom stereocenters. The number of hydrazine groups is 1. The average Bonchev–Trinajstić information content (AvgIpc) is 2.85. The molecular formula is C25H22N4O3S. The van der Waals surface area contributed by atoms with Crippen LogP contribution >= 0.6 is 11.8 Å². The second kappa shape index (κ2) is 10.1. The third-order valence-electron chi connectivity index (χ3n) is 4.97. The van der Waals surface area contributed by atoms with Gasteiger partial charge in [0.1, 0.15) is 0 Å². The number of carbonyl (C=O) groups excluding carboxylic acids is 2. The Morgan fingerprint density at radius 1 is 0.909 bits per heavy atom. The molecule has 4 aromatic rings. The van der Waals surface area contributed by atoms with E-state index < -0.39 is 11.8 Å². The molecule has 4 rings (SSSR count). The molecule has 1 heterocycles. The van der Waals surface area contributed by atoms with Crippen LogP contribution in [0.4, 0.5) is 0 Å². The van der Waals surface area contributed by atoms with Crippen molar-refractivity contribution in [2.75, 3.05) is 5.75 Å². The van der Waals surface area contributed by atoms with Crippen molar-refractivity contribution in [3.8, 4) is 0 Å². The summed E-state index contributed by atoms with van der Waals surface area (Å²) in [6, 6.07) is 23.7. The smallest absolute Gasteiger partial charge is 0.269 e. The fourth-order valence-electron chi connectivity index (χ4n) is 3.23. The number of nitrogens with zero attached hydrogens (tertiary/aromatic N) is 2. The second-order valence-corrected chi connectivity index (χ2v) is 8.39. The summed E-state index contributed by atoms with van der Waals surface area (Å²) in [6.07, 6.45) is 0. The predicted octanol–water partition coefficient (Wildman–Crippen LogP) is 3.31. The molecule has 0 fully saturated rings. The first-order valence-corrected chi connectivity index (χ1v) is 11.3. The number of hydrogen-bond acceptors (Lipinski definition) is 5. The molecule has 0 bridgehead atoms. The highest BCUT2D eigenvalue weighted by Gasteiger charge is 2.14. The molecule has 7 nitrogen and oxygen atoms in total. The number of carbonyl (C=O) groups is 2. The molecule has 0 saturated heterocycles. The zero-order valence-electron chi connectivity index (χ0n) is 17.9. The van der Waals surface area contributed by atoms with E-state index >= 15 is 0 Å². The first-order chi connectivity index (χ1) is 16.0. The zero-order valence-corrected chi connectivity index (χ0v) is 18.8. The van der Waals surface area contributed by atoms with Crippen LogP contribution in [0, 0.1) is 6.92 Å². The Hall–Kier alpha value is -3.91. The minimum atomic E-state index is -0.409. The summed E-state index contributed by atoms with van der Waals surface area (Å²) in [5.74, 6) is -0.837. The molecular weight excluding hydrogens is 436 g/mol. The minimum Gasteiger partial charge on any atom is -0.283 e. The number of benzene rings is 3. The van der Waals surface area contributed by atoms with Crippen molar-refractivity contribution in [2.24, 2.45) is 0 Å². The SMILES string of the molecule is Cc1ccc(Cn2c(SCC(=O)NNC(=O)c3ccccc3)nc3ccccc3c2=O)cc1. The van der Waals surface area contributed by atoms with Crippen LogP contribution in [-0.2, 0) is 11.3 Å². The van der Waals surface area contributed by atoms with Gasteiger partial charge < -0.3 is 0 Å². The molecule has 0 radical (unpaired) electrons. The van der Waals surface area contributed by atoms with Gasteiger partial charge in [-0.2, -0.15) is 0 Å². The number of hydrogen-bond donors (Lipinski definition) is 2. The van der Waals surface area contributed by atoms with E-state index in [4.69, 9.17) is 0 Å². The maximum Gasteiger partial charge on any atom is 0.269 e. The van der Waals surface area contributed by atoms with Gasteiger partial charge >= 0.3 is 0 Å². The summed E-state index contributed by atoms with van der Waals surface area (Å²) in [5, 5.41) is 0.956. The maximum absolute atomic E-state index is 13.2. The first-order valence-electron chi connectivity index (χ1n) is 10.3. The fraction of sp³-hybridized carbons (Fsp3) is 0.120. The molecule has 0 atom stereocenters. The van der Waals surface area contributed by atoms with Crippen LogP contribution in [0.3, 0.4) is 0 Å². The van der Waals surface area contributed by atoms with Crippen molar-refractivity contribution in [3.63, 3.8) is 0 Å². The van der Waals surface area contributed by atoms with Gasteiger partial charge in [-0.15, -0.1) is 0 Å². The number of aryl methyl sites for hydroxylation is 1. The minimum absolute atomic E-state index is 0.0201. The van der Waals surface area contributed by atoms with E-state index in [1.54, 1.807) is 53.1 Å². The van der Waals surface area contributed by atoms with Gasteiger partial charge in [0.2, 0.25) is 5.91 Å². The van der Waals surface area contributed by atoms with E-state index in [9.17, 15) is 14.4 Å². The third kappa shape index (κ3) is 5.48. The van der Waals surface area contributed by atoms with Crippen molar-refractivity contribution in [2.45, 2.75) is 18.6 Å². The molecule has 2 N–H and O–H groups in total. The van der Waals surface area contributed by atoms with Crippen LogP contribution in [0.5, 0.6) is 0 Å². The standard InChI is InChI=1S/C25H22N4O3S/c1-17-11-13-18(14-12-17)15-29-24(32)20-9-5-6-10-21(20)26-25(29)33-16-22(30)27-28-23(31)19-7-3-2-4-8-19/h2-14H,15-16H2,1H3,(H,27,30)(H,28,31). The third-order valence-corrected chi connectivity index (χ3v) is 5.95. The topological polar surface area (TPSA) is 93.1 Å². The number of aromatic nitrogens is 2. The predicted molar refractivity (Wildman–Crippen MR) is 129 cm³/mol. The Morgan fingerprint density at radius 3 is 2.36 bits per heavy atom. The lowest BCUT2D eigenvalue weighted by Gasteiger charge is -2.13. The number of fused-ring (bicyclic) bond motifs is 1. The highest BCUT2D eigenvalue weighted by molar-refractivity contribution is 7.99. The van der Waals surface area contributed by atoms with Crippen molar-refractivity contribution >= 4 is 34.5 Å². The quantitative estimate of drug-likeness (QED) is 0.263. The highest BCUT2D eigenvalue weighted by atomic mass is 32.2. The van der Waals surface area contributed by atoms with Gasteiger partial charge in [-0.1, -0.05) is 71.9 Å². The van der Waals surface area contributed by atoms with E-state index in [1.807, 2.05) is 37.3 Å². The lowest BCUT2D eigenvalue weighted by molar-refractivity contribution is -0.119. The summed E-state index contributed by atoms with van der Waals surface area (Å²) in [4.78, 5) is 42.3. The number of thioether (sulfide) groups is 1. The Morgan fingerprint density at radius 2 is 1.61 bits per heavy atom. The number of amides is 2. The number of para-hydroxylation sites is 1. The molecule has 166 valence electrons. The Labute approximate surface area is 194 Å². The summed E-state index contributed by atoms with van der Waals surface area (Å²) in [7, 11) is 0. The van der Waals surface area contributed by atoms with Crippen LogP contribution in [0.1, 0.15) is 21.5 Å². The van der Waals surface area contributed by atoms with Crippen molar-refractivity contribution in [1.29, 1.82) is 0 Å². The summed E-state index contributed by atoms with van der Waals surface area (Å²) >= 11 is 1.14. The van der Waals surface area contributed by atoms with E-state index in [-0.39, 0.29) is 11.3 Å². The summed E-state index contributed by atoms with van der Waals surface area (Å²) in [6.45, 7) is 2.34. The Balaban J connectivity index is 1.51. The molecule has 0 saturated carbocycles. The van der Waals surface area contributed by atoms with Crippen LogP contribution in [0.25, 0.3) is 10.9 Å². The van der Waals surface area contributed by atoms with Gasteiger partial charge in [0.25, 0.3) is 11.5 Å². The summed E-state index contributed by atoms with van der Waals surface area (Å²) < 4.78 is 1.58. The molecule has 2 amide bonds. The molecule has 3 aromatic carbocycles. The van der Waals surface area contributed by atoms with Crippen molar-refractivity contribution in [1.82, 2.24) is 20.4 Å². The molecule has 0 aliphatic carbocycles. The van der Waals surface area contributed by atoms with E-state index in [1.165, 1.54) is 0 Å². The number of rotatable bonds is 6. The Kier molecular flexibility index (Phi) is 6.85. The normalized spacial score (nSPS) is 10.7. The van der Waals surface area contributed by atoms with Crippen LogP contribution in [0.2, 0.25) is 0 Å². The number of nitrogens with one attached hydrogen (secondary N) is 2. The van der Waals surface area contributed by atoms with Gasteiger partial charge in [-0.3, -0.25) is 29.8 Å². The molecule has 0 spiro atoms. The van der Waals surface area contributed by atoms with Crippen molar-refractivity contribution < 1.29 is 9.59 Å². The van der Waals surface area contributed by atoms with E-state index in [0.717, 1.165) is 22.9 Å². The van der Waals surface area contributed by atoms with Gasteiger partial charge in [-0.05, 0) is 36.8 Å². The molecule has 8 heteroatoms. The van der Waals surface area contributed by atoms with Gasteiger partial charge in [-0.25, -0.2) is 4.98 Å². The van der Waals surface area contributed by atoms with Gasteiger partial charge in [0.15, 0.2) is 5.16 Å². The van der Waals surface area contributed by atoms with Gasteiger partial charge in [0, 0.05) is 5.56 Å². The molecule has 0 aliphatic heterocycles. The maximum atomic E-state index is 13.2. The zero-order chi connectivity index (χ0) is 23.2. The van der Waals surface area contributed by atoms with Crippen LogP contribution in [0.15, 0.2) is 88.8 Å². The van der Waals surface area contributed by atoms with E-state index in [2.05, 4.69) is 15.8 Å². The monoisotopic (exact) mass is 458 g/mol. The first kappa shape index (κ1) is 22.3. The lowest BCUT2D eigenvalue weighted by atomic mass is 10.1. The Bertz CT molecular complexity index is 1350. The highest BCUT2D eigenvalue weighted by Crippen LogP contribution is 2.19. The molecule has 33 heavy (non-hydrogen) atoms. The molecule has 1 aromatic heterocycles. The van der Waals surface area contributed by atoms with Crippen LogP contribution < -0.4 is 16.4 Å². The van der Waals surface area contributed by atoms with Crippen molar-refractivity contribution in [3.05, 3.63) is 106 Å². The molecule has 0 aliphatic rings. The van der Waals surface area contributed by atoms with E-state index in [0.29, 0.717) is 28.2 Å². The largest absolute Gasteiger partial charge is 0.283 e. The van der Waals surface area contributed by atoms with Crippen LogP contribution in [-0.4, -0.2) is 27.1 Å². The second-order valence-electron chi connectivity index (χ2n) is 7.45.